The molecular weight excluding hydrogens is 354 g/mol. The van der Waals surface area contributed by atoms with E-state index in [9.17, 15) is 0 Å². The van der Waals surface area contributed by atoms with Gasteiger partial charge in [-0.1, -0.05) is 97.9 Å². The van der Waals surface area contributed by atoms with Crippen LogP contribution in [0.25, 0.3) is 0 Å². The van der Waals surface area contributed by atoms with E-state index >= 15 is 0 Å². The fraction of sp³-hybridized carbons (Fsp3) is 0.192. The first-order valence-electron chi connectivity index (χ1n) is 10.2. The number of benzene rings is 3. The van der Waals surface area contributed by atoms with Crippen LogP contribution in [0.15, 0.2) is 104 Å². The van der Waals surface area contributed by atoms with Gasteiger partial charge in [0.05, 0.1) is 12.0 Å². The standard InChI is InChI=1S/C26H27N3/c1-2-21(18-27)25-19-29(20-28-25)26(22-12-6-3-7-13-22,23-14-8-4-9-15-23)24-16-10-5-11-17-24/h3-17,19-21H,2,18,27H2,1H3. The molecule has 4 aromatic rings. The Balaban J connectivity index is 2.04. The Morgan fingerprint density at radius 1 is 0.793 bits per heavy atom. The number of rotatable bonds is 7. The number of nitrogens with zero attached hydrogens (tertiary/aromatic N) is 2. The highest BCUT2D eigenvalue weighted by Gasteiger charge is 2.38. The van der Waals surface area contributed by atoms with E-state index in [1.807, 2.05) is 6.33 Å². The number of aromatic nitrogens is 2. The highest BCUT2D eigenvalue weighted by atomic mass is 15.1. The van der Waals surface area contributed by atoms with E-state index in [4.69, 9.17) is 10.7 Å². The van der Waals surface area contributed by atoms with Crippen LogP contribution in [0, 0.1) is 0 Å². The molecule has 0 fully saturated rings. The van der Waals surface area contributed by atoms with E-state index in [1.165, 1.54) is 16.7 Å². The van der Waals surface area contributed by atoms with E-state index in [0.717, 1.165) is 12.1 Å². The summed E-state index contributed by atoms with van der Waals surface area (Å²) in [4.78, 5) is 4.78. The molecular formula is C26H27N3. The van der Waals surface area contributed by atoms with Crippen molar-refractivity contribution in [1.82, 2.24) is 9.55 Å². The van der Waals surface area contributed by atoms with Gasteiger partial charge in [0.2, 0.25) is 0 Å². The normalized spacial score (nSPS) is 12.6. The molecule has 29 heavy (non-hydrogen) atoms. The van der Waals surface area contributed by atoms with Crippen LogP contribution in [0.3, 0.4) is 0 Å². The molecule has 0 aliphatic heterocycles. The zero-order valence-corrected chi connectivity index (χ0v) is 16.8. The van der Waals surface area contributed by atoms with Gasteiger partial charge in [0.1, 0.15) is 5.54 Å². The van der Waals surface area contributed by atoms with Gasteiger partial charge in [-0.25, -0.2) is 4.98 Å². The Hall–Kier alpha value is -3.17. The van der Waals surface area contributed by atoms with Crippen molar-refractivity contribution in [1.29, 1.82) is 0 Å². The molecule has 0 aliphatic carbocycles. The molecule has 3 nitrogen and oxygen atoms in total. The molecule has 0 radical (unpaired) electrons. The zero-order chi connectivity index (χ0) is 20.1. The van der Waals surface area contributed by atoms with E-state index in [2.05, 4.69) is 109 Å². The van der Waals surface area contributed by atoms with Gasteiger partial charge in [0, 0.05) is 18.7 Å². The summed E-state index contributed by atoms with van der Waals surface area (Å²) in [5.41, 5.74) is 10.1. The van der Waals surface area contributed by atoms with Crippen molar-refractivity contribution in [2.45, 2.75) is 24.8 Å². The van der Waals surface area contributed by atoms with E-state index in [-0.39, 0.29) is 5.92 Å². The van der Waals surface area contributed by atoms with Gasteiger partial charge < -0.3 is 10.3 Å². The minimum Gasteiger partial charge on any atom is -0.330 e. The van der Waals surface area contributed by atoms with Gasteiger partial charge in [-0.15, -0.1) is 0 Å². The summed E-state index contributed by atoms with van der Waals surface area (Å²) >= 11 is 0. The molecule has 146 valence electrons. The van der Waals surface area contributed by atoms with Gasteiger partial charge in [0.15, 0.2) is 0 Å². The first kappa shape index (κ1) is 19.2. The van der Waals surface area contributed by atoms with Crippen LogP contribution in [0.2, 0.25) is 0 Å². The summed E-state index contributed by atoms with van der Waals surface area (Å²) in [6.07, 6.45) is 5.11. The molecule has 3 heteroatoms. The van der Waals surface area contributed by atoms with Crippen LogP contribution in [-0.4, -0.2) is 16.1 Å². The molecule has 0 saturated heterocycles. The van der Waals surface area contributed by atoms with E-state index < -0.39 is 5.54 Å². The second-order valence-electron chi connectivity index (χ2n) is 7.36. The summed E-state index contributed by atoms with van der Waals surface area (Å²) in [6.45, 7) is 2.76. The van der Waals surface area contributed by atoms with Crippen molar-refractivity contribution in [3.63, 3.8) is 0 Å². The van der Waals surface area contributed by atoms with Crippen molar-refractivity contribution in [2.75, 3.05) is 6.54 Å². The third-order valence-electron chi connectivity index (χ3n) is 5.76. The maximum Gasteiger partial charge on any atom is 0.121 e. The Bertz CT molecular complexity index is 923. The Labute approximate surface area is 172 Å². The smallest absolute Gasteiger partial charge is 0.121 e. The monoisotopic (exact) mass is 381 g/mol. The summed E-state index contributed by atoms with van der Waals surface area (Å²) in [6, 6.07) is 31.9. The average molecular weight is 382 g/mol. The predicted molar refractivity (Wildman–Crippen MR) is 119 cm³/mol. The lowest BCUT2D eigenvalue weighted by molar-refractivity contribution is 0.513. The van der Waals surface area contributed by atoms with Crippen molar-refractivity contribution in [3.8, 4) is 0 Å². The topological polar surface area (TPSA) is 43.8 Å². The molecule has 1 heterocycles. The molecule has 0 aliphatic rings. The minimum absolute atomic E-state index is 0.260. The number of hydrogen-bond donors (Lipinski definition) is 1. The average Bonchev–Trinajstić information content (AvgIpc) is 3.28. The number of hydrogen-bond acceptors (Lipinski definition) is 2. The third-order valence-corrected chi connectivity index (χ3v) is 5.76. The Morgan fingerprint density at radius 2 is 1.24 bits per heavy atom. The van der Waals surface area contributed by atoms with Crippen molar-refractivity contribution in [2.24, 2.45) is 5.73 Å². The maximum atomic E-state index is 6.02. The first-order chi connectivity index (χ1) is 14.3. The SMILES string of the molecule is CCC(CN)c1cn(C(c2ccccc2)(c2ccccc2)c2ccccc2)cn1. The lowest BCUT2D eigenvalue weighted by Gasteiger charge is -2.37. The molecule has 0 bridgehead atoms. The van der Waals surface area contributed by atoms with Crippen molar-refractivity contribution in [3.05, 3.63) is 126 Å². The fourth-order valence-corrected chi connectivity index (χ4v) is 4.21. The quantitative estimate of drug-likeness (QED) is 0.449. The second kappa shape index (κ2) is 8.46. The third kappa shape index (κ3) is 3.39. The summed E-state index contributed by atoms with van der Waals surface area (Å²) < 4.78 is 2.25. The van der Waals surface area contributed by atoms with Crippen molar-refractivity contribution < 1.29 is 0 Å². The lowest BCUT2D eigenvalue weighted by atomic mass is 9.76. The second-order valence-corrected chi connectivity index (χ2v) is 7.36. The molecule has 4 rings (SSSR count). The highest BCUT2D eigenvalue weighted by molar-refractivity contribution is 5.50. The zero-order valence-electron chi connectivity index (χ0n) is 16.8. The van der Waals surface area contributed by atoms with Gasteiger partial charge in [-0.2, -0.15) is 0 Å². The van der Waals surface area contributed by atoms with Crippen LogP contribution in [-0.2, 0) is 5.54 Å². The predicted octanol–water partition coefficient (Wildman–Crippen LogP) is 5.18. The van der Waals surface area contributed by atoms with Crippen LogP contribution in [0.1, 0.15) is 41.6 Å². The van der Waals surface area contributed by atoms with Gasteiger partial charge in [0.25, 0.3) is 0 Å². The molecule has 1 unspecified atom stereocenters. The van der Waals surface area contributed by atoms with Gasteiger partial charge >= 0.3 is 0 Å². The molecule has 0 amide bonds. The van der Waals surface area contributed by atoms with Crippen LogP contribution >= 0.6 is 0 Å². The first-order valence-corrected chi connectivity index (χ1v) is 10.2. The van der Waals surface area contributed by atoms with Crippen LogP contribution < -0.4 is 5.73 Å². The molecule has 3 aromatic carbocycles. The molecule has 1 aromatic heterocycles. The van der Waals surface area contributed by atoms with Crippen molar-refractivity contribution >= 4 is 0 Å². The Morgan fingerprint density at radius 3 is 1.62 bits per heavy atom. The van der Waals surface area contributed by atoms with E-state index in [1.54, 1.807) is 0 Å². The van der Waals surface area contributed by atoms with Gasteiger partial charge in [-0.3, -0.25) is 0 Å². The number of nitrogens with two attached hydrogens (primary N) is 1. The minimum atomic E-state index is -0.512. The maximum absolute atomic E-state index is 6.02. The van der Waals surface area contributed by atoms with Gasteiger partial charge in [-0.05, 0) is 23.1 Å². The Kier molecular flexibility index (Phi) is 5.59. The molecule has 1 atom stereocenters. The highest BCUT2D eigenvalue weighted by Crippen LogP contribution is 2.41. The fourth-order valence-electron chi connectivity index (χ4n) is 4.21. The summed E-state index contributed by atoms with van der Waals surface area (Å²) in [7, 11) is 0. The largest absolute Gasteiger partial charge is 0.330 e. The van der Waals surface area contributed by atoms with Crippen LogP contribution in [0.4, 0.5) is 0 Å². The molecule has 2 N–H and O–H groups in total. The van der Waals surface area contributed by atoms with E-state index in [0.29, 0.717) is 6.54 Å². The van der Waals surface area contributed by atoms with Crippen LogP contribution in [0.5, 0.6) is 0 Å². The lowest BCUT2D eigenvalue weighted by Crippen LogP contribution is -2.37. The summed E-state index contributed by atoms with van der Waals surface area (Å²) in [5, 5.41) is 0. The summed E-state index contributed by atoms with van der Waals surface area (Å²) in [5.74, 6) is 0.260. The molecule has 0 spiro atoms. The number of imidazole rings is 1. The molecule has 0 saturated carbocycles.